The number of para-hydroxylation sites is 3. The molecule has 0 bridgehead atoms. The van der Waals surface area contributed by atoms with Crippen LogP contribution in [-0.2, 0) is 0 Å². The monoisotopic (exact) mass is 727 g/mol. The van der Waals surface area contributed by atoms with Crippen molar-refractivity contribution in [2.45, 2.75) is 0 Å². The molecule has 0 unspecified atom stereocenters. The zero-order valence-electron chi connectivity index (χ0n) is 30.8. The highest BCUT2D eigenvalue weighted by Gasteiger charge is 2.19. The highest BCUT2D eigenvalue weighted by atomic mass is 15.0. The van der Waals surface area contributed by atoms with Crippen LogP contribution in [0.1, 0.15) is 0 Å². The van der Waals surface area contributed by atoms with Crippen LogP contribution in [-0.4, -0.2) is 24.5 Å². The van der Waals surface area contributed by atoms with Gasteiger partial charge >= 0.3 is 0 Å². The molecule has 5 nitrogen and oxygen atoms in total. The number of aromatic nitrogens is 5. The largest absolute Gasteiger partial charge is 0.309 e. The molecular formula is C52H33N5. The van der Waals surface area contributed by atoms with Crippen molar-refractivity contribution in [2.24, 2.45) is 0 Å². The summed E-state index contributed by atoms with van der Waals surface area (Å²) in [6.45, 7) is 0. The Balaban J connectivity index is 0.996. The van der Waals surface area contributed by atoms with Crippen molar-refractivity contribution in [1.82, 2.24) is 24.5 Å². The predicted molar refractivity (Wildman–Crippen MR) is 234 cm³/mol. The molecule has 0 aliphatic rings. The van der Waals surface area contributed by atoms with Gasteiger partial charge in [0, 0.05) is 55.5 Å². The van der Waals surface area contributed by atoms with Gasteiger partial charge in [-0.3, -0.25) is 4.98 Å². The lowest BCUT2D eigenvalue weighted by molar-refractivity contribution is 1.16. The average Bonchev–Trinajstić information content (AvgIpc) is 3.64. The summed E-state index contributed by atoms with van der Waals surface area (Å²) in [5.41, 5.74) is 13.2. The summed E-state index contributed by atoms with van der Waals surface area (Å²) in [4.78, 5) is 19.8. The molecular weight excluding hydrogens is 695 g/mol. The van der Waals surface area contributed by atoms with Gasteiger partial charge in [-0.25, -0.2) is 15.0 Å². The van der Waals surface area contributed by atoms with Crippen LogP contribution in [0, 0.1) is 0 Å². The predicted octanol–water partition coefficient (Wildman–Crippen LogP) is 13.0. The van der Waals surface area contributed by atoms with E-state index in [-0.39, 0.29) is 0 Å². The van der Waals surface area contributed by atoms with Crippen LogP contribution in [0.5, 0.6) is 0 Å². The number of hydrogen-bond acceptors (Lipinski definition) is 4. The third-order valence-electron chi connectivity index (χ3n) is 10.9. The van der Waals surface area contributed by atoms with Gasteiger partial charge in [0.05, 0.1) is 39.3 Å². The van der Waals surface area contributed by atoms with Crippen LogP contribution < -0.4 is 0 Å². The quantitative estimate of drug-likeness (QED) is 0.160. The van der Waals surface area contributed by atoms with Crippen molar-refractivity contribution in [1.29, 1.82) is 0 Å². The van der Waals surface area contributed by atoms with E-state index >= 15 is 0 Å². The summed E-state index contributed by atoms with van der Waals surface area (Å²) in [7, 11) is 0. The minimum Gasteiger partial charge on any atom is -0.309 e. The second kappa shape index (κ2) is 13.5. The third kappa shape index (κ3) is 5.64. The molecule has 0 fully saturated rings. The zero-order valence-corrected chi connectivity index (χ0v) is 30.8. The molecule has 0 amide bonds. The minimum atomic E-state index is 0.672. The van der Waals surface area contributed by atoms with Gasteiger partial charge in [0.25, 0.3) is 0 Å². The lowest BCUT2D eigenvalue weighted by Crippen LogP contribution is -1.96. The highest BCUT2D eigenvalue weighted by Crippen LogP contribution is 2.42. The fraction of sp³-hybridized carbons (Fsp3) is 0. The zero-order chi connectivity index (χ0) is 37.7. The van der Waals surface area contributed by atoms with Crippen LogP contribution in [0.25, 0.3) is 106 Å². The van der Waals surface area contributed by atoms with E-state index in [2.05, 4.69) is 149 Å². The Hall–Kier alpha value is -7.76. The number of benzene rings is 7. The lowest BCUT2D eigenvalue weighted by atomic mass is 9.95. The molecule has 7 aromatic carbocycles. The smallest absolute Gasteiger partial charge is 0.160 e. The summed E-state index contributed by atoms with van der Waals surface area (Å²) < 4.78 is 2.38. The van der Waals surface area contributed by atoms with Gasteiger partial charge in [0.15, 0.2) is 5.82 Å². The Bertz CT molecular complexity index is 3190. The molecule has 5 heteroatoms. The fourth-order valence-corrected chi connectivity index (χ4v) is 8.19. The first-order valence-corrected chi connectivity index (χ1v) is 19.1. The van der Waals surface area contributed by atoms with Gasteiger partial charge in [-0.2, -0.15) is 0 Å². The van der Waals surface area contributed by atoms with Gasteiger partial charge in [-0.1, -0.05) is 146 Å². The third-order valence-corrected chi connectivity index (χ3v) is 10.9. The van der Waals surface area contributed by atoms with Crippen molar-refractivity contribution in [3.8, 4) is 62.1 Å². The Morgan fingerprint density at radius 2 is 0.982 bits per heavy atom. The van der Waals surface area contributed by atoms with Crippen LogP contribution in [0.2, 0.25) is 0 Å². The molecule has 266 valence electrons. The highest BCUT2D eigenvalue weighted by molar-refractivity contribution is 6.29. The molecule has 57 heavy (non-hydrogen) atoms. The molecule has 0 saturated carbocycles. The molecule has 0 aliphatic carbocycles. The molecule has 4 heterocycles. The maximum absolute atomic E-state index is 5.31. The molecule has 0 aliphatic heterocycles. The fourth-order valence-electron chi connectivity index (χ4n) is 8.19. The Morgan fingerprint density at radius 1 is 0.351 bits per heavy atom. The maximum Gasteiger partial charge on any atom is 0.160 e. The summed E-state index contributed by atoms with van der Waals surface area (Å²) in [5, 5.41) is 6.00. The topological polar surface area (TPSA) is 56.5 Å². The van der Waals surface area contributed by atoms with Crippen molar-refractivity contribution in [2.75, 3.05) is 0 Å². The van der Waals surface area contributed by atoms with E-state index in [0.717, 1.165) is 72.6 Å². The van der Waals surface area contributed by atoms with E-state index in [1.54, 1.807) is 6.20 Å². The number of rotatable bonds is 6. The lowest BCUT2D eigenvalue weighted by Gasteiger charge is -2.13. The van der Waals surface area contributed by atoms with E-state index in [0.29, 0.717) is 5.82 Å². The van der Waals surface area contributed by atoms with E-state index < -0.39 is 0 Å². The Kier molecular flexibility index (Phi) is 7.74. The van der Waals surface area contributed by atoms with Crippen LogP contribution in [0.4, 0.5) is 0 Å². The number of fused-ring (bicyclic) bond motifs is 7. The maximum atomic E-state index is 5.31. The standard InChI is InChI=1S/C52H33N5/c1-3-13-38(14-4-1)52-55-45(33-46(56-52)44-20-11-12-32-53-44)36-26-22-34(23-27-36)35-24-28-37(29-25-35)51-42-30-31-48-50(49(42)40-17-7-9-19-43(40)54-51)41-18-8-10-21-47(41)57(48)39-15-5-2-6-16-39/h1-33H. The van der Waals surface area contributed by atoms with E-state index in [1.165, 1.54) is 27.2 Å². The molecule has 0 spiro atoms. The normalized spacial score (nSPS) is 11.5. The molecule has 0 atom stereocenters. The van der Waals surface area contributed by atoms with Crippen molar-refractivity contribution in [3.05, 3.63) is 200 Å². The average molecular weight is 728 g/mol. The van der Waals surface area contributed by atoms with Gasteiger partial charge < -0.3 is 4.57 Å². The Morgan fingerprint density at radius 3 is 1.74 bits per heavy atom. The number of nitrogens with zero attached hydrogens (tertiary/aromatic N) is 5. The van der Waals surface area contributed by atoms with Crippen LogP contribution in [0.3, 0.4) is 0 Å². The van der Waals surface area contributed by atoms with Crippen molar-refractivity contribution < 1.29 is 0 Å². The molecule has 11 rings (SSSR count). The first-order chi connectivity index (χ1) is 28.3. The van der Waals surface area contributed by atoms with Gasteiger partial charge in [-0.05, 0) is 59.7 Å². The Labute approximate surface area is 329 Å². The van der Waals surface area contributed by atoms with E-state index in [4.69, 9.17) is 15.0 Å². The first kappa shape index (κ1) is 32.7. The second-order valence-corrected chi connectivity index (χ2v) is 14.2. The second-order valence-electron chi connectivity index (χ2n) is 14.2. The summed E-state index contributed by atoms with van der Waals surface area (Å²) >= 11 is 0. The van der Waals surface area contributed by atoms with Gasteiger partial charge in [-0.15, -0.1) is 0 Å². The van der Waals surface area contributed by atoms with Gasteiger partial charge in [0.2, 0.25) is 0 Å². The van der Waals surface area contributed by atoms with Crippen LogP contribution in [0.15, 0.2) is 200 Å². The molecule has 0 N–H and O–H groups in total. The van der Waals surface area contributed by atoms with Crippen molar-refractivity contribution in [3.63, 3.8) is 0 Å². The summed E-state index contributed by atoms with van der Waals surface area (Å²) in [5.74, 6) is 0.672. The number of pyridine rings is 2. The van der Waals surface area contributed by atoms with E-state index in [1.807, 2.05) is 54.6 Å². The summed E-state index contributed by atoms with van der Waals surface area (Å²) in [6.07, 6.45) is 1.79. The van der Waals surface area contributed by atoms with E-state index in [9.17, 15) is 0 Å². The van der Waals surface area contributed by atoms with Crippen LogP contribution >= 0.6 is 0 Å². The first-order valence-electron chi connectivity index (χ1n) is 19.1. The molecule has 4 aromatic heterocycles. The summed E-state index contributed by atoms with van der Waals surface area (Å²) in [6, 6.07) is 67.8. The molecule has 0 radical (unpaired) electrons. The SMILES string of the molecule is c1ccc(-c2nc(-c3ccc(-c4ccc(-c5nc6ccccc6c6c5ccc5c6c6ccccc6n5-c5ccccc5)cc4)cc3)cc(-c3ccccn3)n2)cc1. The van der Waals surface area contributed by atoms with Crippen molar-refractivity contribution >= 4 is 43.5 Å². The molecule has 11 aromatic rings. The van der Waals surface area contributed by atoms with Gasteiger partial charge in [0.1, 0.15) is 0 Å². The number of hydrogen-bond donors (Lipinski definition) is 0. The minimum absolute atomic E-state index is 0.672. The molecule has 0 saturated heterocycles.